The van der Waals surface area contributed by atoms with Crippen molar-refractivity contribution in [3.05, 3.63) is 108 Å². The van der Waals surface area contributed by atoms with E-state index in [0.29, 0.717) is 31.7 Å². The lowest BCUT2D eigenvalue weighted by Gasteiger charge is -2.41. The van der Waals surface area contributed by atoms with Crippen molar-refractivity contribution in [3.63, 3.8) is 0 Å². The summed E-state index contributed by atoms with van der Waals surface area (Å²) >= 11 is 1.84. The van der Waals surface area contributed by atoms with E-state index in [1.165, 1.54) is 0 Å². The molecule has 1 fully saturated rings. The molecule has 0 amide bonds. The highest BCUT2D eigenvalue weighted by Gasteiger charge is 2.41. The van der Waals surface area contributed by atoms with Gasteiger partial charge in [0.15, 0.2) is 0 Å². The summed E-state index contributed by atoms with van der Waals surface area (Å²) in [4.78, 5) is 0. The summed E-state index contributed by atoms with van der Waals surface area (Å²) in [5.74, 6) is 0. The smallest absolute Gasteiger partial charge is 0.113 e. The van der Waals surface area contributed by atoms with Gasteiger partial charge >= 0.3 is 0 Å². The first-order chi connectivity index (χ1) is 17.2. The molecule has 0 spiro atoms. The molecule has 3 aromatic carbocycles. The summed E-state index contributed by atoms with van der Waals surface area (Å²) in [5.41, 5.74) is 3.48. The Hall–Kier alpha value is -2.15. The Morgan fingerprint density at radius 3 is 1.80 bits per heavy atom. The fraction of sp³-hybridized carbons (Fsp3) is 0.400. The van der Waals surface area contributed by atoms with Gasteiger partial charge in [-0.15, -0.1) is 11.8 Å². The Kier molecular flexibility index (Phi) is 10.2. The largest absolute Gasteiger partial charge is 0.374 e. The van der Waals surface area contributed by atoms with E-state index in [2.05, 4.69) is 50.2 Å². The van der Waals surface area contributed by atoms with Gasteiger partial charge in [0.05, 0.1) is 32.5 Å². The number of rotatable bonds is 12. The van der Waals surface area contributed by atoms with Crippen LogP contribution in [0.5, 0.6) is 0 Å². The summed E-state index contributed by atoms with van der Waals surface area (Å²) in [7, 11) is 0. The molecular formula is C30H36O4S. The molecule has 0 bridgehead atoms. The normalized spacial score (nSPS) is 22.4. The summed E-state index contributed by atoms with van der Waals surface area (Å²) in [5, 5.41) is 0.461. The second-order valence-electron chi connectivity index (χ2n) is 9.12. The fourth-order valence-electron chi connectivity index (χ4n) is 4.21. The summed E-state index contributed by atoms with van der Waals surface area (Å²) < 4.78 is 25.7. The van der Waals surface area contributed by atoms with Gasteiger partial charge in [0.2, 0.25) is 0 Å². The third-order valence-corrected chi connectivity index (χ3v) is 7.05. The predicted molar refractivity (Wildman–Crippen MR) is 142 cm³/mol. The van der Waals surface area contributed by atoms with Crippen molar-refractivity contribution in [2.45, 2.75) is 69.1 Å². The highest BCUT2D eigenvalue weighted by molar-refractivity contribution is 8.00. The van der Waals surface area contributed by atoms with Crippen LogP contribution in [0.3, 0.4) is 0 Å². The molecule has 0 aromatic heterocycles. The highest BCUT2D eigenvalue weighted by Crippen LogP contribution is 2.34. The van der Waals surface area contributed by atoms with Gasteiger partial charge in [-0.25, -0.2) is 0 Å². The zero-order chi connectivity index (χ0) is 24.3. The van der Waals surface area contributed by atoms with Crippen molar-refractivity contribution < 1.29 is 18.9 Å². The number of benzene rings is 3. The average molecular weight is 493 g/mol. The van der Waals surface area contributed by atoms with E-state index in [1.54, 1.807) is 0 Å². The molecule has 5 heteroatoms. The van der Waals surface area contributed by atoms with Crippen molar-refractivity contribution in [1.82, 2.24) is 0 Å². The summed E-state index contributed by atoms with van der Waals surface area (Å²) in [6.07, 6.45) is 0.255. The van der Waals surface area contributed by atoms with Gasteiger partial charge in [0.1, 0.15) is 17.6 Å². The van der Waals surface area contributed by atoms with Gasteiger partial charge in [0.25, 0.3) is 0 Å². The second-order valence-corrected chi connectivity index (χ2v) is 10.9. The molecule has 4 rings (SSSR count). The van der Waals surface area contributed by atoms with E-state index in [4.69, 9.17) is 18.9 Å². The zero-order valence-corrected chi connectivity index (χ0v) is 21.4. The quantitative estimate of drug-likeness (QED) is 0.284. The number of hydrogen-bond donors (Lipinski definition) is 0. The average Bonchev–Trinajstić information content (AvgIpc) is 2.88. The van der Waals surface area contributed by atoms with Crippen LogP contribution in [0.25, 0.3) is 0 Å². The molecule has 186 valence electrons. The molecule has 0 unspecified atom stereocenters. The van der Waals surface area contributed by atoms with Crippen LogP contribution in [0.4, 0.5) is 0 Å². The van der Waals surface area contributed by atoms with Crippen LogP contribution in [0, 0.1) is 0 Å². The Bertz CT molecular complexity index is 967. The van der Waals surface area contributed by atoms with Gasteiger partial charge in [0, 0.05) is 11.7 Å². The van der Waals surface area contributed by atoms with Gasteiger partial charge in [-0.2, -0.15) is 0 Å². The standard InChI is InChI=1S/C30H36O4S/c1-23(2)35-29-18-27(32-20-25-14-8-4-9-15-25)30(33-21-26-16-10-5-11-17-26)28(34-29)22-31-19-24-12-6-3-7-13-24/h3-17,23,27-30H,18-22H2,1-2H3/t27-,28-,29-,30+/m1/s1. The van der Waals surface area contributed by atoms with E-state index in [1.807, 2.05) is 66.4 Å². The van der Waals surface area contributed by atoms with Crippen LogP contribution < -0.4 is 0 Å². The lowest BCUT2D eigenvalue weighted by Crippen LogP contribution is -2.52. The topological polar surface area (TPSA) is 36.9 Å². The Morgan fingerprint density at radius 2 is 1.26 bits per heavy atom. The number of hydrogen-bond acceptors (Lipinski definition) is 5. The maximum Gasteiger partial charge on any atom is 0.113 e. The number of ether oxygens (including phenoxy) is 4. The van der Waals surface area contributed by atoms with E-state index in [-0.39, 0.29) is 23.7 Å². The van der Waals surface area contributed by atoms with Crippen LogP contribution in [0.2, 0.25) is 0 Å². The Balaban J connectivity index is 1.47. The maximum atomic E-state index is 6.55. The molecule has 4 nitrogen and oxygen atoms in total. The molecule has 0 saturated carbocycles. The van der Waals surface area contributed by atoms with Crippen molar-refractivity contribution in [1.29, 1.82) is 0 Å². The third-order valence-electron chi connectivity index (χ3n) is 5.89. The third kappa shape index (κ3) is 8.48. The van der Waals surface area contributed by atoms with E-state index < -0.39 is 0 Å². The van der Waals surface area contributed by atoms with Crippen LogP contribution in [0.1, 0.15) is 37.0 Å². The highest BCUT2D eigenvalue weighted by atomic mass is 32.2. The van der Waals surface area contributed by atoms with E-state index in [9.17, 15) is 0 Å². The second kappa shape index (κ2) is 13.8. The first-order valence-corrected chi connectivity index (χ1v) is 13.4. The SMILES string of the molecule is CC(C)S[C@@H]1C[C@@H](OCc2ccccc2)[C@H](OCc2ccccc2)[C@@H](COCc2ccccc2)O1. The predicted octanol–water partition coefficient (Wildman–Crippen LogP) is 6.63. The first-order valence-electron chi connectivity index (χ1n) is 12.4. The minimum absolute atomic E-state index is 0.0395. The Morgan fingerprint density at radius 1 is 0.743 bits per heavy atom. The molecule has 3 aromatic rings. The van der Waals surface area contributed by atoms with Crippen molar-refractivity contribution in [2.75, 3.05) is 6.61 Å². The molecule has 0 radical (unpaired) electrons. The van der Waals surface area contributed by atoms with Crippen LogP contribution in [0.15, 0.2) is 91.0 Å². The van der Waals surface area contributed by atoms with Crippen molar-refractivity contribution in [3.8, 4) is 0 Å². The van der Waals surface area contributed by atoms with Gasteiger partial charge in [-0.3, -0.25) is 0 Å². The summed E-state index contributed by atoms with van der Waals surface area (Å²) in [6, 6.07) is 30.8. The van der Waals surface area contributed by atoms with Crippen molar-refractivity contribution in [2.24, 2.45) is 0 Å². The van der Waals surface area contributed by atoms with E-state index in [0.717, 1.165) is 23.1 Å². The molecule has 1 heterocycles. The fourth-order valence-corrected chi connectivity index (χ4v) is 5.32. The van der Waals surface area contributed by atoms with Gasteiger partial charge < -0.3 is 18.9 Å². The number of thioether (sulfide) groups is 1. The van der Waals surface area contributed by atoms with Crippen LogP contribution in [-0.4, -0.2) is 35.6 Å². The monoisotopic (exact) mass is 492 g/mol. The molecule has 35 heavy (non-hydrogen) atoms. The lowest BCUT2D eigenvalue weighted by molar-refractivity contribution is -0.204. The Labute approximate surface area is 213 Å². The maximum absolute atomic E-state index is 6.55. The zero-order valence-electron chi connectivity index (χ0n) is 20.6. The lowest BCUT2D eigenvalue weighted by atomic mass is 10.0. The minimum atomic E-state index is -0.223. The molecule has 1 aliphatic rings. The molecule has 0 aliphatic carbocycles. The van der Waals surface area contributed by atoms with Crippen LogP contribution >= 0.6 is 11.8 Å². The first kappa shape index (κ1) is 25.9. The molecule has 1 saturated heterocycles. The molecule has 1 aliphatic heterocycles. The summed E-state index contributed by atoms with van der Waals surface area (Å²) in [6.45, 7) is 6.46. The minimum Gasteiger partial charge on any atom is -0.374 e. The molecule has 0 N–H and O–H groups in total. The van der Waals surface area contributed by atoms with Gasteiger partial charge in [-0.1, -0.05) is 105 Å². The van der Waals surface area contributed by atoms with E-state index >= 15 is 0 Å². The van der Waals surface area contributed by atoms with Crippen LogP contribution in [-0.2, 0) is 38.8 Å². The van der Waals surface area contributed by atoms with Crippen molar-refractivity contribution >= 4 is 11.8 Å². The molecular weight excluding hydrogens is 456 g/mol. The molecule has 4 atom stereocenters. The van der Waals surface area contributed by atoms with Gasteiger partial charge in [-0.05, 0) is 16.7 Å².